The van der Waals surface area contributed by atoms with Crippen molar-refractivity contribution < 1.29 is 4.74 Å². The van der Waals surface area contributed by atoms with Crippen LogP contribution in [0.3, 0.4) is 0 Å². The molecule has 0 unspecified atom stereocenters. The number of piperidine rings is 1. The molecule has 1 N–H and O–H groups in total. The minimum absolute atomic E-state index is 0.158. The number of aryl methyl sites for hydroxylation is 2. The largest absolute Gasteiger partial charge is 0.378 e. The molecule has 0 bridgehead atoms. The number of pyridine rings is 1. The average molecular weight is 396 g/mol. The van der Waals surface area contributed by atoms with Crippen molar-refractivity contribution in [3.63, 3.8) is 0 Å². The van der Waals surface area contributed by atoms with Gasteiger partial charge in [0.25, 0.3) is 0 Å². The second kappa shape index (κ2) is 9.18. The quantitative estimate of drug-likeness (QED) is 0.833. The number of hydrogen-bond donors (Lipinski definition) is 1. The van der Waals surface area contributed by atoms with Gasteiger partial charge in [0.1, 0.15) is 5.82 Å². The van der Waals surface area contributed by atoms with E-state index in [0.717, 1.165) is 47.8 Å². The zero-order chi connectivity index (χ0) is 20.2. The van der Waals surface area contributed by atoms with Crippen molar-refractivity contribution in [3.05, 3.63) is 35.7 Å². The van der Waals surface area contributed by atoms with Gasteiger partial charge in [-0.3, -0.25) is 0 Å². The van der Waals surface area contributed by atoms with Crippen molar-refractivity contribution in [1.29, 1.82) is 0 Å². The molecule has 0 spiro atoms. The van der Waals surface area contributed by atoms with E-state index in [1.807, 2.05) is 32.4 Å². The van der Waals surface area contributed by atoms with Crippen molar-refractivity contribution in [2.24, 2.45) is 0 Å². The van der Waals surface area contributed by atoms with Gasteiger partial charge in [0, 0.05) is 44.0 Å². The van der Waals surface area contributed by atoms with Gasteiger partial charge < -0.3 is 15.0 Å². The molecular formula is C23H33N5O. The summed E-state index contributed by atoms with van der Waals surface area (Å²) in [5, 5.41) is 12.6. The number of nitrogens with zero attached hydrogens (tertiary/aromatic N) is 4. The van der Waals surface area contributed by atoms with E-state index in [2.05, 4.69) is 33.4 Å². The third-order valence-corrected chi connectivity index (χ3v) is 6.29. The molecule has 0 amide bonds. The molecule has 2 atom stereocenters. The van der Waals surface area contributed by atoms with Crippen LogP contribution in [0.1, 0.15) is 49.8 Å². The lowest BCUT2D eigenvalue weighted by atomic mass is 9.92. The fourth-order valence-electron chi connectivity index (χ4n) is 4.66. The maximum Gasteiger partial charge on any atom is 0.138 e. The maximum absolute atomic E-state index is 5.92. The number of nitrogens with one attached hydrogen (secondary N) is 1. The summed E-state index contributed by atoms with van der Waals surface area (Å²) in [5.74, 6) is 0.979. The summed E-state index contributed by atoms with van der Waals surface area (Å²) in [7, 11) is 1.83. The fourth-order valence-corrected chi connectivity index (χ4v) is 4.66. The lowest BCUT2D eigenvalue weighted by molar-refractivity contribution is 0.0534. The lowest BCUT2D eigenvalue weighted by Crippen LogP contribution is -2.56. The third kappa shape index (κ3) is 4.75. The van der Waals surface area contributed by atoms with E-state index in [0.29, 0.717) is 12.1 Å². The Labute approximate surface area is 174 Å². The van der Waals surface area contributed by atoms with Crippen molar-refractivity contribution in [2.45, 2.75) is 70.6 Å². The van der Waals surface area contributed by atoms with Crippen LogP contribution in [0.2, 0.25) is 0 Å². The number of methoxy groups -OCH3 is 1. The van der Waals surface area contributed by atoms with Gasteiger partial charge in [0.05, 0.1) is 17.5 Å². The summed E-state index contributed by atoms with van der Waals surface area (Å²) in [6, 6.07) is 7.26. The average Bonchev–Trinajstić information content (AvgIpc) is 2.75. The Morgan fingerprint density at radius 2 is 1.90 bits per heavy atom. The highest BCUT2D eigenvalue weighted by molar-refractivity contribution is 5.73. The molecule has 6 heteroatoms. The van der Waals surface area contributed by atoms with Crippen LogP contribution in [-0.2, 0) is 4.74 Å². The summed E-state index contributed by atoms with van der Waals surface area (Å²) in [5.41, 5.74) is 3.97. The van der Waals surface area contributed by atoms with Gasteiger partial charge in [-0.2, -0.15) is 10.2 Å². The van der Waals surface area contributed by atoms with E-state index in [1.54, 1.807) is 0 Å². The number of rotatable bonds is 5. The van der Waals surface area contributed by atoms with E-state index in [-0.39, 0.29) is 6.10 Å². The van der Waals surface area contributed by atoms with Gasteiger partial charge in [-0.05, 0) is 56.9 Å². The van der Waals surface area contributed by atoms with Crippen LogP contribution in [0.5, 0.6) is 0 Å². The predicted molar refractivity (Wildman–Crippen MR) is 116 cm³/mol. The van der Waals surface area contributed by atoms with E-state index in [4.69, 9.17) is 9.72 Å². The van der Waals surface area contributed by atoms with Crippen molar-refractivity contribution in [1.82, 2.24) is 20.5 Å². The first kappa shape index (κ1) is 20.2. The minimum atomic E-state index is 0.158. The van der Waals surface area contributed by atoms with E-state index in [1.165, 1.54) is 32.1 Å². The fraction of sp³-hybridized carbons (Fsp3) is 0.609. The Kier molecular flexibility index (Phi) is 6.40. The Balaban J connectivity index is 1.52. The summed E-state index contributed by atoms with van der Waals surface area (Å²) >= 11 is 0. The van der Waals surface area contributed by atoms with Gasteiger partial charge in [0.2, 0.25) is 0 Å². The number of aromatic nitrogens is 3. The summed E-state index contributed by atoms with van der Waals surface area (Å²) in [6.07, 6.45) is 9.83. The van der Waals surface area contributed by atoms with Gasteiger partial charge in [-0.25, -0.2) is 4.98 Å². The molecular weight excluding hydrogens is 362 g/mol. The second-order valence-corrected chi connectivity index (χ2v) is 8.56. The first-order valence-corrected chi connectivity index (χ1v) is 10.9. The zero-order valence-electron chi connectivity index (χ0n) is 17.9. The molecule has 4 rings (SSSR count). The highest BCUT2D eigenvalue weighted by Gasteiger charge is 2.32. The Hall–Kier alpha value is -2.05. The van der Waals surface area contributed by atoms with Gasteiger partial charge >= 0.3 is 0 Å². The molecule has 2 aliphatic rings. The molecule has 2 aromatic rings. The van der Waals surface area contributed by atoms with Crippen LogP contribution in [0.4, 0.5) is 5.82 Å². The molecule has 156 valence electrons. The molecule has 0 aromatic carbocycles. The smallest absolute Gasteiger partial charge is 0.138 e. The molecule has 29 heavy (non-hydrogen) atoms. The van der Waals surface area contributed by atoms with E-state index < -0.39 is 0 Å². The molecule has 1 saturated heterocycles. The Morgan fingerprint density at radius 3 is 2.62 bits per heavy atom. The van der Waals surface area contributed by atoms with E-state index >= 15 is 0 Å². The molecule has 2 aromatic heterocycles. The minimum Gasteiger partial charge on any atom is -0.378 e. The van der Waals surface area contributed by atoms with Gasteiger partial charge in [-0.1, -0.05) is 19.3 Å². The van der Waals surface area contributed by atoms with Crippen LogP contribution in [0.25, 0.3) is 11.3 Å². The van der Waals surface area contributed by atoms with E-state index in [9.17, 15) is 0 Å². The SMILES string of the molecule is CO[C@H]1CN(c2ncc(C)cc2-c2ccc(C)nn2)CC[C@H]1NC1CCCCC1. The summed E-state index contributed by atoms with van der Waals surface area (Å²) < 4.78 is 5.92. The normalized spacial score (nSPS) is 23.3. The molecule has 3 heterocycles. The van der Waals surface area contributed by atoms with Crippen LogP contribution in [-0.4, -0.2) is 53.6 Å². The lowest BCUT2D eigenvalue weighted by Gasteiger charge is -2.41. The molecule has 2 fully saturated rings. The molecule has 1 aliphatic carbocycles. The molecule has 1 aliphatic heterocycles. The van der Waals surface area contributed by atoms with Gasteiger partial charge in [0.15, 0.2) is 0 Å². The Bertz CT molecular complexity index is 803. The second-order valence-electron chi connectivity index (χ2n) is 8.56. The summed E-state index contributed by atoms with van der Waals surface area (Å²) in [4.78, 5) is 7.14. The standard InChI is InChI=1S/C23H33N5O/c1-16-13-19(20-10-9-17(2)26-27-20)23(24-14-16)28-12-11-21(22(15-28)29-3)25-18-7-5-4-6-8-18/h9-10,13-14,18,21-22,25H,4-8,11-12,15H2,1-3H3/t21-,22+/m1/s1. The predicted octanol–water partition coefficient (Wildman–Crippen LogP) is 3.67. The van der Waals surface area contributed by atoms with Crippen LogP contribution in [0, 0.1) is 13.8 Å². The summed E-state index contributed by atoms with van der Waals surface area (Å²) in [6.45, 7) is 5.83. The van der Waals surface area contributed by atoms with Crippen LogP contribution in [0.15, 0.2) is 24.4 Å². The molecule has 6 nitrogen and oxygen atoms in total. The number of anilines is 1. The number of ether oxygens (including phenoxy) is 1. The topological polar surface area (TPSA) is 63.2 Å². The highest BCUT2D eigenvalue weighted by atomic mass is 16.5. The molecule has 0 radical (unpaired) electrons. The van der Waals surface area contributed by atoms with Crippen molar-refractivity contribution in [2.75, 3.05) is 25.1 Å². The monoisotopic (exact) mass is 395 g/mol. The van der Waals surface area contributed by atoms with Crippen LogP contribution < -0.4 is 10.2 Å². The first-order valence-electron chi connectivity index (χ1n) is 10.9. The van der Waals surface area contributed by atoms with Crippen molar-refractivity contribution >= 4 is 5.82 Å². The zero-order valence-corrected chi connectivity index (χ0v) is 17.9. The van der Waals surface area contributed by atoms with Crippen LogP contribution >= 0.6 is 0 Å². The maximum atomic E-state index is 5.92. The van der Waals surface area contributed by atoms with Crippen molar-refractivity contribution in [3.8, 4) is 11.3 Å². The highest BCUT2D eigenvalue weighted by Crippen LogP contribution is 2.31. The third-order valence-electron chi connectivity index (χ3n) is 6.29. The first-order chi connectivity index (χ1) is 14.1. The Morgan fingerprint density at radius 1 is 1.07 bits per heavy atom. The number of hydrogen-bond acceptors (Lipinski definition) is 6. The van der Waals surface area contributed by atoms with Gasteiger partial charge in [-0.15, -0.1) is 0 Å². The molecule has 1 saturated carbocycles.